The van der Waals surface area contributed by atoms with E-state index in [1.54, 1.807) is 19.2 Å². The number of aromatic nitrogens is 2. The minimum atomic E-state index is -0.671. The number of amides is 1. The van der Waals surface area contributed by atoms with Crippen molar-refractivity contribution in [2.45, 2.75) is 39.0 Å². The molecular formula is C24H27N3O5. The van der Waals surface area contributed by atoms with E-state index in [4.69, 9.17) is 9.47 Å². The lowest BCUT2D eigenvalue weighted by Gasteiger charge is -2.17. The molecule has 1 atom stereocenters. The highest BCUT2D eigenvalue weighted by Crippen LogP contribution is 2.30. The Morgan fingerprint density at radius 2 is 1.81 bits per heavy atom. The largest absolute Gasteiger partial charge is 0.501 e. The van der Waals surface area contributed by atoms with E-state index in [2.05, 4.69) is 15.3 Å². The summed E-state index contributed by atoms with van der Waals surface area (Å²) in [5.74, 6) is -1.16. The highest BCUT2D eigenvalue weighted by Gasteiger charge is 2.24. The van der Waals surface area contributed by atoms with Crippen LogP contribution in [0.25, 0.3) is 0 Å². The lowest BCUT2D eigenvalue weighted by atomic mass is 10.1. The Hall–Kier alpha value is -3.65. The van der Waals surface area contributed by atoms with Crippen molar-refractivity contribution >= 4 is 5.91 Å². The van der Waals surface area contributed by atoms with Crippen LogP contribution in [0, 0.1) is 0 Å². The average molecular weight is 437 g/mol. The van der Waals surface area contributed by atoms with Gasteiger partial charge in [0, 0.05) is 6.54 Å². The van der Waals surface area contributed by atoms with Crippen LogP contribution in [-0.4, -0.2) is 33.2 Å². The van der Waals surface area contributed by atoms with Crippen molar-refractivity contribution in [3.8, 4) is 17.4 Å². The quantitative estimate of drug-likeness (QED) is 0.441. The first kappa shape index (κ1) is 23.0. The molecule has 0 saturated carbocycles. The van der Waals surface area contributed by atoms with Crippen LogP contribution in [0.2, 0.25) is 0 Å². The molecule has 1 amide bonds. The molecule has 0 saturated heterocycles. The van der Waals surface area contributed by atoms with E-state index in [1.165, 1.54) is 0 Å². The van der Waals surface area contributed by atoms with Gasteiger partial charge in [-0.15, -0.1) is 0 Å². The van der Waals surface area contributed by atoms with Crippen LogP contribution >= 0.6 is 0 Å². The number of aromatic hydroxyl groups is 2. The number of benzene rings is 2. The number of methoxy groups -OCH3 is 1. The summed E-state index contributed by atoms with van der Waals surface area (Å²) in [5.41, 5.74) is 1.48. The van der Waals surface area contributed by atoms with Gasteiger partial charge in [0.2, 0.25) is 5.75 Å². The zero-order valence-electron chi connectivity index (χ0n) is 18.1. The van der Waals surface area contributed by atoms with E-state index >= 15 is 0 Å². The summed E-state index contributed by atoms with van der Waals surface area (Å²) in [6, 6.07) is 16.9. The van der Waals surface area contributed by atoms with E-state index in [9.17, 15) is 15.0 Å². The van der Waals surface area contributed by atoms with Crippen molar-refractivity contribution < 1.29 is 24.5 Å². The summed E-state index contributed by atoms with van der Waals surface area (Å²) < 4.78 is 11.2. The number of hydrogen-bond acceptors (Lipinski definition) is 7. The maximum absolute atomic E-state index is 12.7. The zero-order valence-corrected chi connectivity index (χ0v) is 18.1. The minimum Gasteiger partial charge on any atom is -0.501 e. The summed E-state index contributed by atoms with van der Waals surface area (Å²) in [5, 5.41) is 23.0. The third kappa shape index (κ3) is 5.95. The van der Waals surface area contributed by atoms with Gasteiger partial charge in [0.25, 0.3) is 11.8 Å². The lowest BCUT2D eigenvalue weighted by molar-refractivity contribution is 0.0269. The second kappa shape index (κ2) is 11.1. The van der Waals surface area contributed by atoms with Gasteiger partial charge >= 0.3 is 0 Å². The van der Waals surface area contributed by atoms with Gasteiger partial charge in [-0.1, -0.05) is 55.8 Å². The fourth-order valence-electron chi connectivity index (χ4n) is 3.13. The van der Waals surface area contributed by atoms with Gasteiger partial charge in [-0.05, 0) is 29.7 Å². The Balaban J connectivity index is 1.77. The molecule has 0 bridgehead atoms. The molecule has 0 aliphatic heterocycles. The van der Waals surface area contributed by atoms with E-state index in [0.29, 0.717) is 18.8 Å². The van der Waals surface area contributed by atoms with E-state index in [-0.39, 0.29) is 18.1 Å². The van der Waals surface area contributed by atoms with Gasteiger partial charge in [-0.25, -0.2) is 4.98 Å². The number of hydrogen-bond donors (Lipinski definition) is 3. The first-order valence-corrected chi connectivity index (χ1v) is 10.4. The van der Waals surface area contributed by atoms with Gasteiger partial charge < -0.3 is 25.0 Å². The van der Waals surface area contributed by atoms with Crippen LogP contribution in [0.5, 0.6) is 17.4 Å². The fraction of sp³-hybridized carbons (Fsp3) is 0.292. The van der Waals surface area contributed by atoms with Crippen LogP contribution in [-0.2, 0) is 17.9 Å². The van der Waals surface area contributed by atoms with Crippen molar-refractivity contribution in [1.29, 1.82) is 0 Å². The summed E-state index contributed by atoms with van der Waals surface area (Å²) >= 11 is 0. The molecule has 2 aromatic carbocycles. The molecule has 1 heterocycles. The number of carbonyl (C=O) groups excluding carboxylic acids is 1. The molecule has 0 aliphatic carbocycles. The molecule has 0 spiro atoms. The van der Waals surface area contributed by atoms with Gasteiger partial charge in [-0.2, -0.15) is 4.98 Å². The van der Waals surface area contributed by atoms with Crippen LogP contribution in [0.3, 0.4) is 0 Å². The number of ether oxygens (including phenoxy) is 2. The number of carbonyl (C=O) groups is 1. The number of rotatable bonds is 10. The number of nitrogens with one attached hydrogen (secondary N) is 1. The second-order valence-corrected chi connectivity index (χ2v) is 7.21. The van der Waals surface area contributed by atoms with Crippen LogP contribution in [0.1, 0.15) is 53.3 Å². The minimum absolute atomic E-state index is 0.143. The summed E-state index contributed by atoms with van der Waals surface area (Å²) in [6.45, 7) is 2.51. The predicted molar refractivity (Wildman–Crippen MR) is 118 cm³/mol. The van der Waals surface area contributed by atoms with Crippen LogP contribution in [0.4, 0.5) is 0 Å². The number of nitrogens with zero attached hydrogens (tertiary/aromatic N) is 2. The van der Waals surface area contributed by atoms with Crippen molar-refractivity contribution in [2.75, 3.05) is 7.11 Å². The molecule has 3 rings (SSSR count). The van der Waals surface area contributed by atoms with E-state index < -0.39 is 23.6 Å². The maximum Gasteiger partial charge on any atom is 0.274 e. The Morgan fingerprint density at radius 1 is 1.06 bits per heavy atom. The van der Waals surface area contributed by atoms with Crippen LogP contribution in [0.15, 0.2) is 54.6 Å². The highest BCUT2D eigenvalue weighted by molar-refractivity contribution is 5.95. The Labute approximate surface area is 186 Å². The summed E-state index contributed by atoms with van der Waals surface area (Å²) in [4.78, 5) is 20.9. The topological polar surface area (TPSA) is 114 Å². The molecule has 32 heavy (non-hydrogen) atoms. The Morgan fingerprint density at radius 3 is 2.53 bits per heavy atom. The third-order valence-corrected chi connectivity index (χ3v) is 4.82. The molecule has 8 heteroatoms. The van der Waals surface area contributed by atoms with E-state index in [1.807, 2.05) is 49.4 Å². The molecule has 3 aromatic rings. The lowest BCUT2D eigenvalue weighted by Crippen LogP contribution is -2.25. The molecule has 3 N–H and O–H groups in total. The molecule has 0 radical (unpaired) electrons. The van der Waals surface area contributed by atoms with E-state index in [0.717, 1.165) is 17.5 Å². The highest BCUT2D eigenvalue weighted by atomic mass is 16.5. The molecular weight excluding hydrogens is 410 g/mol. The standard InChI is InChI=1S/C24H27N3O5/c1-3-8-19(32-15-16-9-5-4-6-10-16)22-26-20(21(28)24(30)27-22)23(29)25-14-17-11-7-12-18(13-17)31-2/h4-7,9-13,19,28H,3,8,14-15H2,1-2H3,(H,25,29)(H,26,27,30). The molecule has 1 aromatic heterocycles. The van der Waals surface area contributed by atoms with Gasteiger partial charge in [0.15, 0.2) is 11.5 Å². The van der Waals surface area contributed by atoms with Gasteiger partial charge in [-0.3, -0.25) is 4.79 Å². The predicted octanol–water partition coefficient (Wildman–Crippen LogP) is 3.88. The molecule has 168 valence electrons. The van der Waals surface area contributed by atoms with Gasteiger partial charge in [0.05, 0.1) is 13.7 Å². The fourth-order valence-corrected chi connectivity index (χ4v) is 3.13. The Kier molecular flexibility index (Phi) is 7.99. The maximum atomic E-state index is 12.7. The molecule has 1 unspecified atom stereocenters. The Bertz CT molecular complexity index is 1040. The molecule has 0 fully saturated rings. The zero-order chi connectivity index (χ0) is 22.9. The molecule has 8 nitrogen and oxygen atoms in total. The van der Waals surface area contributed by atoms with Gasteiger partial charge in [0.1, 0.15) is 11.9 Å². The van der Waals surface area contributed by atoms with Crippen molar-refractivity contribution in [3.05, 3.63) is 77.2 Å². The van der Waals surface area contributed by atoms with Crippen molar-refractivity contribution in [1.82, 2.24) is 15.3 Å². The smallest absolute Gasteiger partial charge is 0.274 e. The third-order valence-electron chi connectivity index (χ3n) is 4.82. The van der Waals surface area contributed by atoms with Crippen molar-refractivity contribution in [3.63, 3.8) is 0 Å². The summed E-state index contributed by atoms with van der Waals surface area (Å²) in [7, 11) is 1.56. The molecule has 0 aliphatic rings. The second-order valence-electron chi connectivity index (χ2n) is 7.21. The van der Waals surface area contributed by atoms with Crippen LogP contribution < -0.4 is 10.1 Å². The first-order chi connectivity index (χ1) is 15.5. The first-order valence-electron chi connectivity index (χ1n) is 10.4. The van der Waals surface area contributed by atoms with Crippen molar-refractivity contribution in [2.24, 2.45) is 0 Å². The normalized spacial score (nSPS) is 11.7. The monoisotopic (exact) mass is 437 g/mol. The summed E-state index contributed by atoms with van der Waals surface area (Å²) in [6.07, 6.45) is 0.820. The average Bonchev–Trinajstić information content (AvgIpc) is 2.82. The SMILES string of the molecule is CCCC(OCc1ccccc1)c1nc(O)c(O)c(C(=O)NCc2cccc(OC)c2)n1.